The summed E-state index contributed by atoms with van der Waals surface area (Å²) in [6.45, 7) is 8.96. The number of aromatic nitrogens is 3. The second-order valence-corrected chi connectivity index (χ2v) is 24.5. The minimum atomic E-state index is -3.79. The second kappa shape index (κ2) is 17.7. The van der Waals surface area contributed by atoms with Gasteiger partial charge in [-0.3, -0.25) is 15.0 Å². The summed E-state index contributed by atoms with van der Waals surface area (Å²) in [5.41, 5.74) is -0.558. The normalized spacial score (nSPS) is 22.0. The van der Waals surface area contributed by atoms with Gasteiger partial charge in [0.2, 0.25) is 10.0 Å². The summed E-state index contributed by atoms with van der Waals surface area (Å²) in [7, 11) is -5.28. The van der Waals surface area contributed by atoms with Crippen molar-refractivity contribution in [3.63, 3.8) is 0 Å². The Balaban J connectivity index is 0.000000138. The van der Waals surface area contributed by atoms with E-state index >= 15 is 0 Å². The highest BCUT2D eigenvalue weighted by molar-refractivity contribution is 8.14. The third-order valence-electron chi connectivity index (χ3n) is 11.5. The maximum Gasteiger partial charge on any atom is 0.410 e. The summed E-state index contributed by atoms with van der Waals surface area (Å²) in [5, 5.41) is 7.98. The fourth-order valence-electron chi connectivity index (χ4n) is 8.35. The van der Waals surface area contributed by atoms with Gasteiger partial charge in [-0.1, -0.05) is 71.2 Å². The minimum Gasteiger partial charge on any atom is -0.444 e. The molecule has 2 N–H and O–H groups in total. The molecule has 0 spiro atoms. The van der Waals surface area contributed by atoms with Crippen LogP contribution in [0.1, 0.15) is 20.8 Å². The molecule has 0 radical (unpaired) electrons. The van der Waals surface area contributed by atoms with Gasteiger partial charge in [0, 0.05) is 137 Å². The monoisotopic (exact) mass is 1010 g/mol. The van der Waals surface area contributed by atoms with Crippen LogP contribution in [0.3, 0.4) is 0 Å². The molecule has 7 heterocycles. The molecule has 1 unspecified atom stereocenters. The predicted octanol–water partition coefficient (Wildman–Crippen LogP) is 8.06. The first-order valence-corrected chi connectivity index (χ1v) is 26.3. The number of fused-ring (bicyclic) bond motifs is 5. The Morgan fingerprint density at radius 3 is 1.62 bits per heavy atom. The van der Waals surface area contributed by atoms with Crippen LogP contribution in [0.2, 0.25) is 15.1 Å². The maximum atomic E-state index is 13.6. The van der Waals surface area contributed by atoms with E-state index in [1.807, 2.05) is 32.9 Å². The van der Waals surface area contributed by atoms with E-state index in [0.717, 1.165) is 17.3 Å². The topological polar surface area (TPSA) is 196 Å². The lowest BCUT2D eigenvalue weighted by Gasteiger charge is -2.43. The highest BCUT2D eigenvalue weighted by atomic mass is 35.7. The van der Waals surface area contributed by atoms with E-state index in [1.165, 1.54) is 30.9 Å². The molecule has 338 valence electrons. The molecule has 0 bridgehead atoms. The summed E-state index contributed by atoms with van der Waals surface area (Å²) < 4.78 is 79.4. The van der Waals surface area contributed by atoms with Crippen LogP contribution in [-0.2, 0) is 33.7 Å². The lowest BCUT2D eigenvalue weighted by molar-refractivity contribution is -0.0164. The van der Waals surface area contributed by atoms with Gasteiger partial charge < -0.3 is 15.0 Å². The number of nitrogens with one attached hydrogen (secondary N) is 2. The fraction of sp³-hybridized carbons (Fsp3) is 0.333. The molecule has 0 aliphatic carbocycles. The number of sulfonamides is 1. The number of hydrogen-bond acceptors (Lipinski definition) is 12. The minimum absolute atomic E-state index is 0.00840. The largest absolute Gasteiger partial charge is 0.444 e. The van der Waals surface area contributed by atoms with Gasteiger partial charge in [-0.2, -0.15) is 4.31 Å². The van der Waals surface area contributed by atoms with Gasteiger partial charge >= 0.3 is 6.09 Å². The van der Waals surface area contributed by atoms with Crippen LogP contribution in [0.5, 0.6) is 0 Å². The molecule has 4 saturated heterocycles. The summed E-state index contributed by atoms with van der Waals surface area (Å²) >= 11 is 18.4. The van der Waals surface area contributed by atoms with Gasteiger partial charge in [-0.05, 0) is 39.0 Å². The van der Waals surface area contributed by atoms with Crippen molar-refractivity contribution in [2.45, 2.75) is 53.1 Å². The molecule has 4 aliphatic heterocycles. The molecule has 3 aromatic carbocycles. The predicted molar refractivity (Wildman–Crippen MR) is 248 cm³/mol. The molecule has 6 aromatic rings. The van der Waals surface area contributed by atoms with Crippen molar-refractivity contribution in [3.8, 4) is 0 Å². The van der Waals surface area contributed by atoms with Crippen LogP contribution < -0.4 is 5.32 Å². The maximum absolute atomic E-state index is 13.6. The SMILES string of the molecule is CC(C)(C)OC(=O)N1C[C@@H]2CN(S(=N)(=O)c3cccc4cncc(Cl)c34)C[C@@H]21.O=S(=O)(Cl)c1cccc2cncc(Cl)c12.O=S(=O)(c1cccc2cncc(Cl)c12)N1C[C@H]2CN[C@H]2C1. The molecule has 22 heteroatoms. The third-order valence-corrected chi connectivity index (χ3v) is 17.6. The number of benzene rings is 3. The molecule has 0 saturated carbocycles. The molecule has 3 aromatic heterocycles. The van der Waals surface area contributed by atoms with E-state index in [4.69, 9.17) is 55.0 Å². The van der Waals surface area contributed by atoms with E-state index < -0.39 is 34.6 Å². The molecular formula is C42H42Cl4N8O7S3. The zero-order valence-electron chi connectivity index (χ0n) is 34.5. The van der Waals surface area contributed by atoms with Gasteiger partial charge in [0.1, 0.15) is 15.5 Å². The fourth-order valence-corrected chi connectivity index (χ4v) is 14.0. The Labute approximate surface area is 390 Å². The Morgan fingerprint density at radius 2 is 1.16 bits per heavy atom. The Kier molecular flexibility index (Phi) is 12.9. The number of hydrogen-bond donors (Lipinski definition) is 2. The van der Waals surface area contributed by atoms with E-state index in [0.29, 0.717) is 81.2 Å². The number of pyridine rings is 3. The summed E-state index contributed by atoms with van der Waals surface area (Å²) in [4.78, 5) is 26.7. The Bertz CT molecular complexity index is 3130. The van der Waals surface area contributed by atoms with Crippen molar-refractivity contribution in [1.29, 1.82) is 4.78 Å². The van der Waals surface area contributed by atoms with Crippen LogP contribution in [0.15, 0.2) is 106 Å². The average Bonchev–Trinajstić information content (AvgIpc) is 3.72. The van der Waals surface area contributed by atoms with Crippen molar-refractivity contribution >= 4 is 113 Å². The van der Waals surface area contributed by atoms with Gasteiger partial charge in [0.25, 0.3) is 9.05 Å². The van der Waals surface area contributed by atoms with Crippen molar-refractivity contribution in [2.24, 2.45) is 11.8 Å². The lowest BCUT2D eigenvalue weighted by Crippen LogP contribution is -2.59. The highest BCUT2D eigenvalue weighted by Crippen LogP contribution is 2.39. The number of ether oxygens (including phenoxy) is 1. The molecule has 10 rings (SSSR count). The van der Waals surface area contributed by atoms with E-state index in [1.54, 1.807) is 62.3 Å². The van der Waals surface area contributed by atoms with Crippen molar-refractivity contribution < 1.29 is 30.6 Å². The molecular weight excluding hydrogens is 967 g/mol. The van der Waals surface area contributed by atoms with Crippen LogP contribution >= 0.6 is 45.5 Å². The smallest absolute Gasteiger partial charge is 0.410 e. The molecule has 4 fully saturated rings. The van der Waals surface area contributed by atoms with Crippen molar-refractivity contribution in [2.75, 3.05) is 39.3 Å². The first kappa shape index (κ1) is 46.6. The number of halogens is 4. The Hall–Kier alpha value is -3.95. The second-order valence-electron chi connectivity index (χ2n) is 16.8. The van der Waals surface area contributed by atoms with Gasteiger partial charge in [0.15, 0.2) is 0 Å². The number of likely N-dealkylation sites (tertiary alicyclic amines) is 1. The van der Waals surface area contributed by atoms with Gasteiger partial charge in [-0.15, -0.1) is 0 Å². The number of nitrogens with zero attached hydrogens (tertiary/aromatic N) is 6. The van der Waals surface area contributed by atoms with Gasteiger partial charge in [0.05, 0.1) is 35.8 Å². The Morgan fingerprint density at radius 1 is 0.672 bits per heavy atom. The first-order chi connectivity index (χ1) is 30.1. The van der Waals surface area contributed by atoms with Crippen molar-refractivity contribution in [1.82, 2.24) is 33.8 Å². The molecule has 4 aliphatic rings. The van der Waals surface area contributed by atoms with Crippen molar-refractivity contribution in [3.05, 3.63) is 107 Å². The van der Waals surface area contributed by atoms with Crippen LogP contribution in [0, 0.1) is 16.6 Å². The summed E-state index contributed by atoms with van der Waals surface area (Å²) in [6, 6.07) is 15.4. The third kappa shape index (κ3) is 9.11. The number of carbonyl (C=O) groups excluding carboxylic acids is 1. The molecule has 5 atom stereocenters. The highest BCUT2D eigenvalue weighted by Gasteiger charge is 2.51. The van der Waals surface area contributed by atoms with Gasteiger partial charge in [-0.25, -0.2) is 34.9 Å². The number of rotatable bonds is 5. The first-order valence-electron chi connectivity index (χ1n) is 19.9. The average molecular weight is 1010 g/mol. The molecule has 1 amide bonds. The molecule has 64 heavy (non-hydrogen) atoms. The quantitative estimate of drug-likeness (QED) is 0.159. The summed E-state index contributed by atoms with van der Waals surface area (Å²) in [5.74, 6) is 0.637. The van der Waals surface area contributed by atoms with Crippen LogP contribution in [-0.4, -0.2) is 113 Å². The number of carbonyl (C=O) groups is 1. The zero-order valence-corrected chi connectivity index (χ0v) is 40.0. The van der Waals surface area contributed by atoms with Crippen LogP contribution in [0.25, 0.3) is 32.3 Å². The zero-order chi connectivity index (χ0) is 45.9. The van der Waals surface area contributed by atoms with E-state index in [2.05, 4.69) is 20.3 Å². The van der Waals surface area contributed by atoms with E-state index in [-0.39, 0.29) is 32.9 Å². The lowest BCUT2D eigenvalue weighted by atomic mass is 9.93. The van der Waals surface area contributed by atoms with E-state index in [9.17, 15) is 25.8 Å². The standard InChI is InChI=1S/C19H23ClN4O3S.C14H14ClN3O2S.C9H5Cl2NO2S/c1-19(2,3)27-18(25)24-10-13-9-23(11-15(13)24)28(21,26)16-6-4-5-12-7-22-8-14(20)17(12)16;15-11-6-16-4-9-2-1-3-13(14(9)11)21(19,20)18-7-10-5-17-12(10)8-18;10-7-5-12-4-6-2-1-3-8(9(6)7)15(11,13)14/h4-8,13,15,21H,9-11H2,1-3H3;1-4,6,10,12,17H,5,7-8H2;1-5H/t13-,15-,28?;10-,12+;/m01./s1. The molecule has 15 nitrogen and oxygen atoms in total. The summed E-state index contributed by atoms with van der Waals surface area (Å²) in [6.07, 6.45) is 8.83. The number of amides is 1. The van der Waals surface area contributed by atoms with Crippen LogP contribution in [0.4, 0.5) is 4.79 Å².